The minimum Gasteiger partial charge on any atom is -0.354 e. The number of rotatable bonds is 5. The first-order valence-electron chi connectivity index (χ1n) is 6.51. The Balaban J connectivity index is 1.80. The summed E-state index contributed by atoms with van der Waals surface area (Å²) in [6.45, 7) is 0.444. The molecule has 0 unspecified atom stereocenters. The average Bonchev–Trinajstić information content (AvgIpc) is 2.74. The van der Waals surface area contributed by atoms with Gasteiger partial charge in [-0.05, 0) is 17.7 Å². The molecule has 1 aromatic rings. The van der Waals surface area contributed by atoms with Crippen LogP contribution in [-0.2, 0) is 20.8 Å². The van der Waals surface area contributed by atoms with Crippen molar-refractivity contribution in [2.24, 2.45) is 0 Å². The topological polar surface area (TPSA) is 66.5 Å². The maximum absolute atomic E-state index is 11.8. The highest BCUT2D eigenvalue weighted by molar-refractivity contribution is 6.35. The van der Waals surface area contributed by atoms with Gasteiger partial charge in [0.25, 0.3) is 0 Å². The van der Waals surface area contributed by atoms with Gasteiger partial charge in [0.15, 0.2) is 0 Å². The summed E-state index contributed by atoms with van der Waals surface area (Å²) in [7, 11) is 0. The predicted molar refractivity (Wildman–Crippen MR) is 79.1 cm³/mol. The van der Waals surface area contributed by atoms with E-state index in [1.165, 1.54) is 4.90 Å². The largest absolute Gasteiger partial charge is 0.354 e. The number of carbonyl (C=O) groups is 3. The second-order valence-corrected chi connectivity index (χ2v) is 5.55. The molecule has 1 heterocycles. The van der Waals surface area contributed by atoms with Crippen LogP contribution in [0.5, 0.6) is 0 Å². The molecule has 1 fully saturated rings. The molecule has 21 heavy (non-hydrogen) atoms. The minimum atomic E-state index is -0.224. The fourth-order valence-corrected chi connectivity index (χ4v) is 2.56. The molecule has 0 aromatic heterocycles. The Kier molecular flexibility index (Phi) is 5.20. The quantitative estimate of drug-likeness (QED) is 0.838. The van der Waals surface area contributed by atoms with Crippen LogP contribution in [-0.4, -0.2) is 35.7 Å². The second-order valence-electron chi connectivity index (χ2n) is 4.70. The Hall–Kier alpha value is -1.59. The van der Waals surface area contributed by atoms with Crippen LogP contribution in [0.15, 0.2) is 18.2 Å². The van der Waals surface area contributed by atoms with E-state index < -0.39 is 0 Å². The summed E-state index contributed by atoms with van der Waals surface area (Å²) in [6, 6.07) is 4.93. The lowest BCUT2D eigenvalue weighted by atomic mass is 10.1. The van der Waals surface area contributed by atoms with E-state index >= 15 is 0 Å². The highest BCUT2D eigenvalue weighted by Gasteiger charge is 2.28. The van der Waals surface area contributed by atoms with Gasteiger partial charge in [0.2, 0.25) is 17.7 Å². The molecule has 1 saturated heterocycles. The number of hydrogen-bond donors (Lipinski definition) is 1. The summed E-state index contributed by atoms with van der Waals surface area (Å²) in [5.74, 6) is -0.594. The number of amides is 3. The van der Waals surface area contributed by atoms with Gasteiger partial charge in [-0.1, -0.05) is 29.3 Å². The maximum atomic E-state index is 11.8. The molecular weight excluding hydrogens is 315 g/mol. The summed E-state index contributed by atoms with van der Waals surface area (Å²) in [5, 5.41) is 3.61. The fourth-order valence-electron chi connectivity index (χ4n) is 2.08. The number of halogens is 2. The summed E-state index contributed by atoms with van der Waals surface area (Å²) in [6.07, 6.45) is 0.637. The van der Waals surface area contributed by atoms with E-state index in [0.29, 0.717) is 15.6 Å². The Morgan fingerprint density at radius 2 is 1.86 bits per heavy atom. The lowest BCUT2D eigenvalue weighted by Gasteiger charge is -2.14. The molecule has 0 saturated carbocycles. The molecule has 0 atom stereocenters. The highest BCUT2D eigenvalue weighted by Crippen LogP contribution is 2.21. The van der Waals surface area contributed by atoms with Crippen LogP contribution in [0.2, 0.25) is 10.0 Å². The number of benzene rings is 1. The molecule has 3 amide bonds. The van der Waals surface area contributed by atoms with Crippen LogP contribution < -0.4 is 5.32 Å². The first-order valence-corrected chi connectivity index (χ1v) is 7.27. The van der Waals surface area contributed by atoms with Crippen molar-refractivity contribution in [2.75, 3.05) is 13.1 Å². The van der Waals surface area contributed by atoms with E-state index in [2.05, 4.69) is 5.32 Å². The SMILES string of the molecule is O=C(Cc1ccc(Cl)cc1Cl)NCCN1C(=O)CCC1=O. The van der Waals surface area contributed by atoms with Gasteiger partial charge < -0.3 is 5.32 Å². The summed E-state index contributed by atoms with van der Waals surface area (Å²) < 4.78 is 0. The lowest BCUT2D eigenvalue weighted by Crippen LogP contribution is -2.38. The number of nitrogens with one attached hydrogen (secondary N) is 1. The first-order chi connectivity index (χ1) is 9.97. The van der Waals surface area contributed by atoms with E-state index in [-0.39, 0.29) is 50.1 Å². The van der Waals surface area contributed by atoms with Gasteiger partial charge in [0.05, 0.1) is 6.42 Å². The van der Waals surface area contributed by atoms with Crippen molar-refractivity contribution in [1.82, 2.24) is 10.2 Å². The van der Waals surface area contributed by atoms with E-state index in [4.69, 9.17) is 23.2 Å². The summed E-state index contributed by atoms with van der Waals surface area (Å²) >= 11 is 11.8. The van der Waals surface area contributed by atoms with E-state index in [1.807, 2.05) is 0 Å². The van der Waals surface area contributed by atoms with Crippen LogP contribution in [0.3, 0.4) is 0 Å². The summed E-state index contributed by atoms with van der Waals surface area (Å²) in [4.78, 5) is 35.8. The van der Waals surface area contributed by atoms with Gasteiger partial charge in [0.1, 0.15) is 0 Å². The molecule has 1 N–H and O–H groups in total. The summed E-state index contributed by atoms with van der Waals surface area (Å²) in [5.41, 5.74) is 0.673. The number of likely N-dealkylation sites (tertiary alicyclic amines) is 1. The van der Waals surface area contributed by atoms with Crippen molar-refractivity contribution >= 4 is 40.9 Å². The molecule has 112 valence electrons. The molecule has 2 rings (SSSR count). The zero-order chi connectivity index (χ0) is 15.4. The molecule has 1 aliphatic rings. The van der Waals surface area contributed by atoms with Crippen molar-refractivity contribution in [2.45, 2.75) is 19.3 Å². The van der Waals surface area contributed by atoms with E-state index in [9.17, 15) is 14.4 Å². The van der Waals surface area contributed by atoms with Gasteiger partial charge in [0, 0.05) is 36.0 Å². The van der Waals surface area contributed by atoms with Crippen LogP contribution in [0.1, 0.15) is 18.4 Å². The fraction of sp³-hybridized carbons (Fsp3) is 0.357. The zero-order valence-electron chi connectivity index (χ0n) is 11.2. The molecule has 0 bridgehead atoms. The van der Waals surface area contributed by atoms with Crippen LogP contribution >= 0.6 is 23.2 Å². The van der Waals surface area contributed by atoms with Gasteiger partial charge >= 0.3 is 0 Å². The minimum absolute atomic E-state index is 0.123. The molecule has 7 heteroatoms. The molecule has 1 aromatic carbocycles. The third kappa shape index (κ3) is 4.19. The van der Waals surface area contributed by atoms with E-state index in [0.717, 1.165) is 0 Å². The van der Waals surface area contributed by atoms with Gasteiger partial charge in [-0.25, -0.2) is 0 Å². The normalized spacial score (nSPS) is 14.7. The standard InChI is InChI=1S/C14H14Cl2N2O3/c15-10-2-1-9(11(16)8-10)7-12(19)17-5-6-18-13(20)3-4-14(18)21/h1-2,8H,3-7H2,(H,17,19). The lowest BCUT2D eigenvalue weighted by molar-refractivity contribution is -0.138. The van der Waals surface area contributed by atoms with Crippen LogP contribution in [0.25, 0.3) is 0 Å². The zero-order valence-corrected chi connectivity index (χ0v) is 12.7. The van der Waals surface area contributed by atoms with Crippen LogP contribution in [0, 0.1) is 0 Å². The Morgan fingerprint density at radius 1 is 1.19 bits per heavy atom. The monoisotopic (exact) mass is 328 g/mol. The Morgan fingerprint density at radius 3 is 2.48 bits per heavy atom. The first kappa shape index (κ1) is 15.8. The predicted octanol–water partition coefficient (Wildman–Crippen LogP) is 1.80. The Bertz CT molecular complexity index is 574. The second kappa shape index (κ2) is 6.91. The van der Waals surface area contributed by atoms with Crippen molar-refractivity contribution in [3.05, 3.63) is 33.8 Å². The third-order valence-corrected chi connectivity index (χ3v) is 3.77. The third-order valence-electron chi connectivity index (χ3n) is 3.18. The van der Waals surface area contributed by atoms with Crippen molar-refractivity contribution in [3.8, 4) is 0 Å². The van der Waals surface area contributed by atoms with Gasteiger partial charge in [-0.3, -0.25) is 19.3 Å². The molecule has 5 nitrogen and oxygen atoms in total. The number of nitrogens with zero attached hydrogens (tertiary/aromatic N) is 1. The maximum Gasteiger partial charge on any atom is 0.229 e. The molecule has 1 aliphatic heterocycles. The number of carbonyl (C=O) groups excluding carboxylic acids is 3. The molecule has 0 radical (unpaired) electrons. The van der Waals surface area contributed by atoms with Crippen LogP contribution in [0.4, 0.5) is 0 Å². The van der Waals surface area contributed by atoms with Gasteiger partial charge in [-0.2, -0.15) is 0 Å². The molecule has 0 spiro atoms. The molecule has 0 aliphatic carbocycles. The van der Waals surface area contributed by atoms with Gasteiger partial charge in [-0.15, -0.1) is 0 Å². The number of hydrogen-bond acceptors (Lipinski definition) is 3. The number of imide groups is 1. The highest BCUT2D eigenvalue weighted by atomic mass is 35.5. The molecular formula is C14H14Cl2N2O3. The smallest absolute Gasteiger partial charge is 0.229 e. The Labute approximate surface area is 132 Å². The van der Waals surface area contributed by atoms with E-state index in [1.54, 1.807) is 18.2 Å². The van der Waals surface area contributed by atoms with Crippen molar-refractivity contribution in [1.29, 1.82) is 0 Å². The van der Waals surface area contributed by atoms with Crippen molar-refractivity contribution in [3.63, 3.8) is 0 Å². The average molecular weight is 329 g/mol. The van der Waals surface area contributed by atoms with Crippen molar-refractivity contribution < 1.29 is 14.4 Å².